The zero-order valence-corrected chi connectivity index (χ0v) is 11.8. The fourth-order valence-corrected chi connectivity index (χ4v) is 3.17. The smallest absolute Gasteiger partial charge is 0.306 e. The van der Waals surface area contributed by atoms with Gasteiger partial charge in [0.2, 0.25) is 0 Å². The van der Waals surface area contributed by atoms with Crippen LogP contribution >= 0.6 is 0 Å². The van der Waals surface area contributed by atoms with Crippen molar-refractivity contribution in [2.75, 3.05) is 0 Å². The molecule has 0 aliphatic heterocycles. The lowest BCUT2D eigenvalue weighted by Gasteiger charge is -2.35. The van der Waals surface area contributed by atoms with Crippen LogP contribution in [0, 0.1) is 23.7 Å². The van der Waals surface area contributed by atoms with E-state index in [0.717, 1.165) is 25.7 Å². The van der Waals surface area contributed by atoms with Crippen molar-refractivity contribution in [1.29, 1.82) is 0 Å². The number of carboxylic acids is 1. The molecule has 0 aromatic rings. The predicted octanol–water partition coefficient (Wildman–Crippen LogP) is 3.52. The zero-order valence-electron chi connectivity index (χ0n) is 11.8. The molecule has 1 fully saturated rings. The summed E-state index contributed by atoms with van der Waals surface area (Å²) in [5.41, 5.74) is 0. The lowest BCUT2D eigenvalue weighted by atomic mass is 9.69. The number of carbonyl (C=O) groups is 2. The van der Waals surface area contributed by atoms with Crippen LogP contribution in [0.15, 0.2) is 0 Å². The first kappa shape index (κ1) is 15.2. The normalized spacial score (nSPS) is 26.0. The van der Waals surface area contributed by atoms with Gasteiger partial charge in [0.25, 0.3) is 0 Å². The fourth-order valence-electron chi connectivity index (χ4n) is 3.17. The highest BCUT2D eigenvalue weighted by molar-refractivity contribution is 5.80. The lowest BCUT2D eigenvalue weighted by Crippen LogP contribution is -2.33. The summed E-state index contributed by atoms with van der Waals surface area (Å²) >= 11 is 0. The van der Waals surface area contributed by atoms with Crippen LogP contribution in [0.25, 0.3) is 0 Å². The fraction of sp³-hybridized carbons (Fsp3) is 0.867. The van der Waals surface area contributed by atoms with E-state index in [1.807, 2.05) is 20.8 Å². The number of aliphatic carboxylic acids is 1. The summed E-state index contributed by atoms with van der Waals surface area (Å²) in [5.74, 6) is -0.120. The molecule has 0 aromatic carbocycles. The van der Waals surface area contributed by atoms with Crippen molar-refractivity contribution in [1.82, 2.24) is 0 Å². The average Bonchev–Trinajstić information content (AvgIpc) is 2.31. The number of Topliss-reactive ketones (excluding diaryl/α,β-unsaturated/α-hetero) is 1. The van der Waals surface area contributed by atoms with Gasteiger partial charge in [-0.3, -0.25) is 9.59 Å². The molecule has 0 unspecified atom stereocenters. The average molecular weight is 254 g/mol. The number of hydrogen-bond acceptors (Lipinski definition) is 2. The highest BCUT2D eigenvalue weighted by Gasteiger charge is 2.35. The van der Waals surface area contributed by atoms with Crippen molar-refractivity contribution in [2.45, 2.75) is 59.3 Å². The Kier molecular flexibility index (Phi) is 5.83. The van der Waals surface area contributed by atoms with Crippen LogP contribution in [0.5, 0.6) is 0 Å². The number of carbonyl (C=O) groups excluding carboxylic acids is 1. The van der Waals surface area contributed by atoms with Gasteiger partial charge in [0.05, 0.1) is 5.92 Å². The van der Waals surface area contributed by atoms with Gasteiger partial charge < -0.3 is 5.11 Å². The van der Waals surface area contributed by atoms with Crippen LogP contribution in [-0.2, 0) is 9.59 Å². The third kappa shape index (κ3) is 3.82. The van der Waals surface area contributed by atoms with Gasteiger partial charge in [-0.2, -0.15) is 0 Å². The van der Waals surface area contributed by atoms with Crippen LogP contribution in [-0.4, -0.2) is 16.9 Å². The first-order chi connectivity index (χ1) is 8.47. The third-order valence-corrected chi connectivity index (χ3v) is 4.35. The van der Waals surface area contributed by atoms with Crippen molar-refractivity contribution in [2.24, 2.45) is 23.7 Å². The number of ketones is 1. The van der Waals surface area contributed by atoms with E-state index in [1.54, 1.807) is 0 Å². The molecular weight excluding hydrogens is 228 g/mol. The maximum atomic E-state index is 11.9. The number of hydrogen-bond donors (Lipinski definition) is 1. The lowest BCUT2D eigenvalue weighted by molar-refractivity contribution is -0.146. The van der Waals surface area contributed by atoms with E-state index in [-0.39, 0.29) is 29.5 Å². The van der Waals surface area contributed by atoms with Gasteiger partial charge in [-0.15, -0.1) is 0 Å². The highest BCUT2D eigenvalue weighted by Crippen LogP contribution is 2.39. The quantitative estimate of drug-likeness (QED) is 0.789. The van der Waals surface area contributed by atoms with Crippen LogP contribution in [0.3, 0.4) is 0 Å². The topological polar surface area (TPSA) is 54.4 Å². The minimum Gasteiger partial charge on any atom is -0.481 e. The molecule has 0 bridgehead atoms. The van der Waals surface area contributed by atoms with E-state index < -0.39 is 5.97 Å². The molecule has 0 heterocycles. The Bertz CT molecular complexity index is 296. The van der Waals surface area contributed by atoms with Gasteiger partial charge in [0.15, 0.2) is 0 Å². The first-order valence-corrected chi connectivity index (χ1v) is 7.22. The molecule has 104 valence electrons. The highest BCUT2D eigenvalue weighted by atomic mass is 16.4. The molecule has 1 aliphatic carbocycles. The van der Waals surface area contributed by atoms with E-state index in [2.05, 4.69) is 0 Å². The predicted molar refractivity (Wildman–Crippen MR) is 71.3 cm³/mol. The summed E-state index contributed by atoms with van der Waals surface area (Å²) in [4.78, 5) is 23.2. The second-order valence-corrected chi connectivity index (χ2v) is 5.89. The van der Waals surface area contributed by atoms with Crippen LogP contribution in [0.2, 0.25) is 0 Å². The van der Waals surface area contributed by atoms with Crippen LogP contribution in [0.1, 0.15) is 59.3 Å². The Morgan fingerprint density at radius 1 is 1.22 bits per heavy atom. The summed E-state index contributed by atoms with van der Waals surface area (Å²) < 4.78 is 0. The van der Waals surface area contributed by atoms with Gasteiger partial charge in [-0.25, -0.2) is 0 Å². The van der Waals surface area contributed by atoms with E-state index in [0.29, 0.717) is 12.8 Å². The second-order valence-electron chi connectivity index (χ2n) is 5.89. The molecule has 1 saturated carbocycles. The summed E-state index contributed by atoms with van der Waals surface area (Å²) in [7, 11) is 0. The maximum absolute atomic E-state index is 11.9. The van der Waals surface area contributed by atoms with E-state index in [1.165, 1.54) is 0 Å². The van der Waals surface area contributed by atoms with Gasteiger partial charge in [0, 0.05) is 12.3 Å². The van der Waals surface area contributed by atoms with Crippen LogP contribution in [0.4, 0.5) is 0 Å². The van der Waals surface area contributed by atoms with E-state index >= 15 is 0 Å². The molecule has 1 aliphatic rings. The molecule has 0 amide bonds. The summed E-state index contributed by atoms with van der Waals surface area (Å²) in [5, 5.41) is 9.30. The molecule has 0 spiro atoms. The Morgan fingerprint density at radius 2 is 1.83 bits per heavy atom. The Labute approximate surface area is 110 Å². The molecule has 3 heteroatoms. The van der Waals surface area contributed by atoms with Gasteiger partial charge in [0.1, 0.15) is 5.78 Å². The summed E-state index contributed by atoms with van der Waals surface area (Å²) in [6, 6.07) is 0. The molecule has 18 heavy (non-hydrogen) atoms. The van der Waals surface area contributed by atoms with Crippen molar-refractivity contribution in [3.05, 3.63) is 0 Å². The Hall–Kier alpha value is -0.860. The minimum atomic E-state index is -0.689. The molecule has 0 saturated heterocycles. The first-order valence-electron chi connectivity index (χ1n) is 7.22. The van der Waals surface area contributed by atoms with Crippen molar-refractivity contribution in [3.63, 3.8) is 0 Å². The van der Waals surface area contributed by atoms with Crippen molar-refractivity contribution < 1.29 is 14.7 Å². The Morgan fingerprint density at radius 3 is 2.33 bits per heavy atom. The van der Waals surface area contributed by atoms with Gasteiger partial charge in [-0.1, -0.05) is 33.6 Å². The molecule has 0 aromatic heterocycles. The minimum absolute atomic E-state index is 0.0671. The summed E-state index contributed by atoms with van der Waals surface area (Å²) in [6.45, 7) is 5.79. The largest absolute Gasteiger partial charge is 0.481 e. The SMILES string of the molecule is CC[C@@H](C(=O)O)[C@H]1CCCC[C@H]1CC(=O)C(C)C. The Balaban J connectivity index is 2.73. The molecule has 1 rings (SSSR count). The second kappa shape index (κ2) is 6.91. The van der Waals surface area contributed by atoms with E-state index in [9.17, 15) is 14.7 Å². The van der Waals surface area contributed by atoms with Crippen molar-refractivity contribution in [3.8, 4) is 0 Å². The van der Waals surface area contributed by atoms with Gasteiger partial charge >= 0.3 is 5.97 Å². The monoisotopic (exact) mass is 254 g/mol. The third-order valence-electron chi connectivity index (χ3n) is 4.35. The molecular formula is C15H26O3. The number of rotatable bonds is 6. The molecule has 1 N–H and O–H groups in total. The summed E-state index contributed by atoms with van der Waals surface area (Å²) in [6.07, 6.45) is 5.50. The van der Waals surface area contributed by atoms with E-state index in [4.69, 9.17) is 0 Å². The van der Waals surface area contributed by atoms with Gasteiger partial charge in [-0.05, 0) is 31.1 Å². The zero-order chi connectivity index (χ0) is 13.7. The number of carboxylic acid groups (broad SMARTS) is 1. The molecule has 3 nitrogen and oxygen atoms in total. The molecule has 3 atom stereocenters. The molecule has 0 radical (unpaired) electrons. The van der Waals surface area contributed by atoms with Crippen LogP contribution < -0.4 is 0 Å². The maximum Gasteiger partial charge on any atom is 0.306 e. The van der Waals surface area contributed by atoms with Crippen molar-refractivity contribution >= 4 is 11.8 Å². The standard InChI is InChI=1S/C15H26O3/c1-4-12(15(17)18)13-8-6-5-7-11(13)9-14(16)10(2)3/h10-13H,4-9H2,1-3H3,(H,17,18)/t11-,12+,13-/m0/s1.